The van der Waals surface area contributed by atoms with Crippen LogP contribution in [0.15, 0.2) is 33.0 Å². The number of thiophene rings is 2. The summed E-state index contributed by atoms with van der Waals surface area (Å²) < 4.78 is 1.16. The standard InChI is InChI=1S/C14H18BrN3S2/c1-3-16-14(17-8-11-5-4-10(2)19-11)18-9-12-6-7-13(15)20-12/h4-7H,3,8-9H2,1-2H3,(H2,16,17,18). The van der Waals surface area contributed by atoms with Crippen LogP contribution in [0.4, 0.5) is 0 Å². The molecule has 2 heterocycles. The van der Waals surface area contributed by atoms with Crippen molar-refractivity contribution in [3.63, 3.8) is 0 Å². The van der Waals surface area contributed by atoms with Gasteiger partial charge in [-0.05, 0) is 54.0 Å². The van der Waals surface area contributed by atoms with Gasteiger partial charge in [0.15, 0.2) is 5.96 Å². The molecule has 0 radical (unpaired) electrons. The summed E-state index contributed by atoms with van der Waals surface area (Å²) in [6.45, 7) is 6.58. The lowest BCUT2D eigenvalue weighted by Crippen LogP contribution is -2.36. The van der Waals surface area contributed by atoms with Gasteiger partial charge in [-0.3, -0.25) is 0 Å². The highest BCUT2D eigenvalue weighted by atomic mass is 79.9. The van der Waals surface area contributed by atoms with Crippen LogP contribution in [0.1, 0.15) is 21.6 Å². The highest BCUT2D eigenvalue weighted by Crippen LogP contribution is 2.21. The van der Waals surface area contributed by atoms with E-state index in [-0.39, 0.29) is 0 Å². The molecule has 0 spiro atoms. The maximum atomic E-state index is 4.62. The van der Waals surface area contributed by atoms with E-state index in [4.69, 9.17) is 0 Å². The Morgan fingerprint density at radius 3 is 2.55 bits per heavy atom. The average Bonchev–Trinajstić information content (AvgIpc) is 3.02. The van der Waals surface area contributed by atoms with Crippen molar-refractivity contribution < 1.29 is 0 Å². The van der Waals surface area contributed by atoms with Crippen LogP contribution in [0.25, 0.3) is 0 Å². The van der Waals surface area contributed by atoms with Crippen LogP contribution in [0, 0.1) is 6.92 Å². The number of hydrogen-bond acceptors (Lipinski definition) is 3. The van der Waals surface area contributed by atoms with E-state index in [9.17, 15) is 0 Å². The van der Waals surface area contributed by atoms with E-state index in [1.165, 1.54) is 14.6 Å². The first-order valence-electron chi connectivity index (χ1n) is 6.49. The second-order valence-corrected chi connectivity index (χ2v) is 8.19. The van der Waals surface area contributed by atoms with Gasteiger partial charge in [-0.25, -0.2) is 4.99 Å². The lowest BCUT2D eigenvalue weighted by atomic mass is 10.4. The third kappa shape index (κ3) is 4.92. The molecule has 2 aromatic rings. The van der Waals surface area contributed by atoms with E-state index in [0.29, 0.717) is 0 Å². The summed E-state index contributed by atoms with van der Waals surface area (Å²) in [4.78, 5) is 8.52. The van der Waals surface area contributed by atoms with Gasteiger partial charge in [-0.2, -0.15) is 0 Å². The predicted octanol–water partition coefficient (Wildman–Crippen LogP) is 4.14. The lowest BCUT2D eigenvalue weighted by molar-refractivity contribution is 0.825. The minimum Gasteiger partial charge on any atom is -0.357 e. The fraction of sp³-hybridized carbons (Fsp3) is 0.357. The number of aliphatic imine (C=N–C) groups is 1. The highest BCUT2D eigenvalue weighted by Gasteiger charge is 2.01. The molecule has 6 heteroatoms. The zero-order valence-corrected chi connectivity index (χ0v) is 14.8. The molecule has 0 aromatic carbocycles. The Labute approximate surface area is 136 Å². The second kappa shape index (κ2) is 7.81. The van der Waals surface area contributed by atoms with Crippen molar-refractivity contribution in [2.75, 3.05) is 6.54 Å². The molecular formula is C14H18BrN3S2. The largest absolute Gasteiger partial charge is 0.357 e. The molecule has 0 unspecified atom stereocenters. The van der Waals surface area contributed by atoms with Gasteiger partial charge in [-0.15, -0.1) is 22.7 Å². The third-order valence-electron chi connectivity index (χ3n) is 2.59. The molecule has 2 aromatic heterocycles. The molecule has 0 bridgehead atoms. The van der Waals surface area contributed by atoms with E-state index in [0.717, 1.165) is 29.4 Å². The molecule has 0 fully saturated rings. The van der Waals surface area contributed by atoms with Gasteiger partial charge < -0.3 is 10.6 Å². The van der Waals surface area contributed by atoms with Crippen molar-refractivity contribution in [3.05, 3.63) is 42.7 Å². The van der Waals surface area contributed by atoms with Crippen molar-refractivity contribution in [1.29, 1.82) is 0 Å². The summed E-state index contributed by atoms with van der Waals surface area (Å²) in [6.07, 6.45) is 0. The van der Waals surface area contributed by atoms with Gasteiger partial charge in [-0.1, -0.05) is 0 Å². The van der Waals surface area contributed by atoms with E-state index in [2.05, 4.69) is 69.7 Å². The minimum atomic E-state index is 0.724. The first-order chi connectivity index (χ1) is 9.67. The first-order valence-corrected chi connectivity index (χ1v) is 8.91. The number of nitrogens with zero attached hydrogens (tertiary/aromatic N) is 1. The van der Waals surface area contributed by atoms with Gasteiger partial charge in [0, 0.05) is 21.2 Å². The fourth-order valence-corrected chi connectivity index (χ4v) is 3.92. The van der Waals surface area contributed by atoms with Gasteiger partial charge in [0.05, 0.1) is 16.9 Å². The molecule has 108 valence electrons. The topological polar surface area (TPSA) is 36.4 Å². The summed E-state index contributed by atoms with van der Waals surface area (Å²) in [5.74, 6) is 0.864. The molecule has 0 aliphatic carbocycles. The van der Waals surface area contributed by atoms with Crippen molar-refractivity contribution in [3.8, 4) is 0 Å². The zero-order valence-electron chi connectivity index (χ0n) is 11.6. The molecule has 3 nitrogen and oxygen atoms in total. The molecule has 0 atom stereocenters. The Bertz CT molecular complexity index is 574. The molecule has 0 saturated carbocycles. The SMILES string of the molecule is CCNC(=NCc1ccc(C)s1)NCc1ccc(Br)s1. The summed E-state index contributed by atoms with van der Waals surface area (Å²) in [6, 6.07) is 8.47. The summed E-state index contributed by atoms with van der Waals surface area (Å²) >= 11 is 7.02. The van der Waals surface area contributed by atoms with Crippen LogP contribution in [-0.4, -0.2) is 12.5 Å². The van der Waals surface area contributed by atoms with Crippen molar-refractivity contribution in [1.82, 2.24) is 10.6 Å². The van der Waals surface area contributed by atoms with Crippen molar-refractivity contribution in [2.24, 2.45) is 4.99 Å². The Morgan fingerprint density at radius 1 is 1.15 bits per heavy atom. The number of nitrogens with one attached hydrogen (secondary N) is 2. The van der Waals surface area contributed by atoms with Crippen LogP contribution >= 0.6 is 38.6 Å². The van der Waals surface area contributed by atoms with Gasteiger partial charge in [0.25, 0.3) is 0 Å². The minimum absolute atomic E-state index is 0.724. The number of guanidine groups is 1. The summed E-state index contributed by atoms with van der Waals surface area (Å²) in [5.41, 5.74) is 0. The quantitative estimate of drug-likeness (QED) is 0.612. The molecule has 0 amide bonds. The molecule has 2 rings (SSSR count). The molecule has 2 N–H and O–H groups in total. The van der Waals surface area contributed by atoms with Gasteiger partial charge in [0.2, 0.25) is 0 Å². The number of halogens is 1. The third-order valence-corrected chi connectivity index (χ3v) is 5.20. The lowest BCUT2D eigenvalue weighted by Gasteiger charge is -2.10. The van der Waals surface area contributed by atoms with Crippen LogP contribution in [0.2, 0.25) is 0 Å². The number of aryl methyl sites for hydroxylation is 1. The van der Waals surface area contributed by atoms with Crippen LogP contribution in [0.5, 0.6) is 0 Å². The van der Waals surface area contributed by atoms with Crippen LogP contribution < -0.4 is 10.6 Å². The van der Waals surface area contributed by atoms with Crippen molar-refractivity contribution >= 4 is 44.6 Å². The van der Waals surface area contributed by atoms with Crippen LogP contribution in [-0.2, 0) is 13.1 Å². The van der Waals surface area contributed by atoms with E-state index >= 15 is 0 Å². The molecule has 20 heavy (non-hydrogen) atoms. The fourth-order valence-electron chi connectivity index (χ4n) is 1.69. The highest BCUT2D eigenvalue weighted by molar-refractivity contribution is 9.11. The van der Waals surface area contributed by atoms with Gasteiger partial charge >= 0.3 is 0 Å². The Hall–Kier alpha value is -0.850. The number of hydrogen-bond donors (Lipinski definition) is 2. The Kier molecular flexibility index (Phi) is 6.06. The van der Waals surface area contributed by atoms with E-state index in [1.54, 1.807) is 22.7 Å². The first kappa shape index (κ1) is 15.5. The Morgan fingerprint density at radius 2 is 1.95 bits per heavy atom. The molecular weight excluding hydrogens is 354 g/mol. The molecule has 0 aliphatic heterocycles. The second-order valence-electron chi connectivity index (χ2n) is 4.27. The normalized spacial score (nSPS) is 11.7. The number of rotatable bonds is 5. The van der Waals surface area contributed by atoms with Crippen LogP contribution in [0.3, 0.4) is 0 Å². The monoisotopic (exact) mass is 371 g/mol. The average molecular weight is 372 g/mol. The summed E-state index contributed by atoms with van der Waals surface area (Å²) in [7, 11) is 0. The summed E-state index contributed by atoms with van der Waals surface area (Å²) in [5, 5.41) is 6.63. The smallest absolute Gasteiger partial charge is 0.191 e. The Balaban J connectivity index is 1.91. The zero-order chi connectivity index (χ0) is 14.4. The molecule has 0 saturated heterocycles. The molecule has 0 aliphatic rings. The van der Waals surface area contributed by atoms with E-state index in [1.807, 2.05) is 0 Å². The van der Waals surface area contributed by atoms with Crippen molar-refractivity contribution in [2.45, 2.75) is 26.9 Å². The van der Waals surface area contributed by atoms with Gasteiger partial charge in [0.1, 0.15) is 0 Å². The predicted molar refractivity (Wildman–Crippen MR) is 92.7 cm³/mol. The maximum Gasteiger partial charge on any atom is 0.191 e. The van der Waals surface area contributed by atoms with E-state index < -0.39 is 0 Å². The maximum absolute atomic E-state index is 4.62.